The van der Waals surface area contributed by atoms with Gasteiger partial charge in [-0.3, -0.25) is 9.13 Å². The predicted molar refractivity (Wildman–Crippen MR) is 287 cm³/mol. The summed E-state index contributed by atoms with van der Waals surface area (Å²) in [5.41, 5.74) is 4.04. The second-order valence-electron chi connectivity index (χ2n) is 22.5. The summed E-state index contributed by atoms with van der Waals surface area (Å²) in [6.45, 7) is 25.0. The number of ether oxygens (including phenoxy) is 8. The second kappa shape index (κ2) is 21.5. The fourth-order valence-corrected chi connectivity index (χ4v) is 11.1. The fourth-order valence-electron chi connectivity index (χ4n) is 8.81. The Morgan fingerprint density at radius 2 is 1.10 bits per heavy atom. The van der Waals surface area contributed by atoms with Crippen LogP contribution in [0.25, 0.3) is 33.6 Å². The van der Waals surface area contributed by atoms with Gasteiger partial charge in [0, 0.05) is 34.9 Å². The molecule has 9 heterocycles. The molecule has 10 rings (SSSR count). The molecule has 4 aromatic heterocycles. The Kier molecular flexibility index (Phi) is 16.2. The molecule has 8 atom stereocenters. The number of imidazole rings is 2. The zero-order valence-corrected chi connectivity index (χ0v) is 48.2. The van der Waals surface area contributed by atoms with Crippen molar-refractivity contribution in [2.45, 2.75) is 153 Å². The Hall–Kier alpha value is -2.53. The minimum Gasteiger partial charge on any atom is -0.456 e. The van der Waals surface area contributed by atoms with E-state index in [2.05, 4.69) is 71.8 Å². The topological polar surface area (TPSA) is 194 Å². The Morgan fingerprint density at radius 3 is 1.57 bits per heavy atom. The van der Waals surface area contributed by atoms with Crippen molar-refractivity contribution < 1.29 is 57.4 Å². The number of fused-ring (bicyclic) bond motifs is 4. The van der Waals surface area contributed by atoms with Crippen molar-refractivity contribution in [1.29, 1.82) is 0 Å². The molecule has 5 saturated heterocycles. The molecule has 18 nitrogen and oxygen atoms in total. The van der Waals surface area contributed by atoms with Crippen LogP contribution in [0.1, 0.15) is 27.7 Å². The molecule has 0 spiro atoms. The molecule has 5 aliphatic heterocycles. The van der Waals surface area contributed by atoms with E-state index < -0.39 is 58.9 Å². The highest BCUT2D eigenvalue weighted by Gasteiger charge is 2.52. The van der Waals surface area contributed by atoms with Gasteiger partial charge in [-0.05, 0) is 80.0 Å². The summed E-state index contributed by atoms with van der Waals surface area (Å²) in [6.07, 6.45) is -3.52. The lowest BCUT2D eigenvalue weighted by molar-refractivity contribution is 0.00332. The molecule has 5 fully saturated rings. The van der Waals surface area contributed by atoms with E-state index in [-0.39, 0.29) is 51.1 Å². The number of aliphatic hydroxyl groups is 2. The van der Waals surface area contributed by atoms with E-state index in [4.69, 9.17) is 80.4 Å². The van der Waals surface area contributed by atoms with E-state index >= 15 is 0 Å². The van der Waals surface area contributed by atoms with E-state index in [1.54, 1.807) is 12.1 Å². The summed E-state index contributed by atoms with van der Waals surface area (Å²) in [7, 11) is -2.92. The van der Waals surface area contributed by atoms with Crippen LogP contribution in [0, 0.1) is 3.70 Å². The molecule has 5 aliphatic rings. The van der Waals surface area contributed by atoms with Gasteiger partial charge in [-0.2, -0.15) is 9.97 Å². The Labute approximate surface area is 446 Å². The molecular weight excluding hydrogens is 1120 g/mol. The molecule has 392 valence electrons. The van der Waals surface area contributed by atoms with E-state index in [0.717, 1.165) is 23.1 Å². The summed E-state index contributed by atoms with van der Waals surface area (Å²) in [5.74, 6) is 0. The molecule has 2 N–H and O–H groups in total. The predicted octanol–water partition coefficient (Wildman–Crippen LogP) is 7.18. The number of nitrogens with zero attached hydrogens (tertiary/aromatic N) is 6. The monoisotopic (exact) mass is 1180 g/mol. The van der Waals surface area contributed by atoms with E-state index in [9.17, 15) is 10.2 Å². The van der Waals surface area contributed by atoms with Crippen LogP contribution in [0.4, 0.5) is 0 Å². The van der Waals surface area contributed by atoms with Gasteiger partial charge in [0.05, 0.1) is 53.4 Å². The third kappa shape index (κ3) is 11.9. The summed E-state index contributed by atoms with van der Waals surface area (Å²) >= 11 is 15.1. The van der Waals surface area contributed by atoms with E-state index in [1.807, 2.05) is 61.1 Å². The number of pyridine rings is 2. The number of benzene rings is 1. The van der Waals surface area contributed by atoms with Crippen LogP contribution in [0.15, 0.2) is 36.4 Å². The van der Waals surface area contributed by atoms with Gasteiger partial charge in [0.1, 0.15) is 64.8 Å². The van der Waals surface area contributed by atoms with Crippen LogP contribution in [-0.4, -0.2) is 162 Å². The summed E-state index contributed by atoms with van der Waals surface area (Å²) in [5, 5.41) is 21.1. The standard InChI is InChI=1S/C30H41BClN3O7Si.C18H25ClIN3O5Si/c1-29(2)30(3,4)42-31(41-29)19-10-8-18(9-11-19)24-20(32)14-21-27(34-24)35(17-37-12-13-43(5,6)7)28(33-21)40-23-16-39-25-22(36)15-38-26(23)25;1-29(2,3)5-4-25-9-23-17-11(6-10(19)16(20)22-17)21-18(23)28-13-8-27-14-12(24)7-26-15(13)14/h8-11,14,22-23,25-26,36H,12-13,15-17H2,1-7H3;6,12-15,24H,4-5,7-9H2,1-3H3/t22-,23-,25-,26-;12-,13-,14-,15-/m11/s1. The number of halogens is 3. The van der Waals surface area contributed by atoms with Crippen molar-refractivity contribution in [2.24, 2.45) is 0 Å². The lowest BCUT2D eigenvalue weighted by atomic mass is 9.79. The lowest BCUT2D eigenvalue weighted by Gasteiger charge is -2.32. The van der Waals surface area contributed by atoms with Gasteiger partial charge in [0.2, 0.25) is 0 Å². The molecule has 0 radical (unpaired) electrons. The van der Waals surface area contributed by atoms with Crippen molar-refractivity contribution in [3.05, 3.63) is 50.1 Å². The minimum atomic E-state index is -1.28. The molecule has 1 aromatic carbocycles. The summed E-state index contributed by atoms with van der Waals surface area (Å²) in [4.78, 5) is 18.9. The molecule has 5 aromatic rings. The van der Waals surface area contributed by atoms with E-state index in [1.165, 1.54) is 0 Å². The molecule has 24 heteroatoms. The van der Waals surface area contributed by atoms with Gasteiger partial charge in [0.15, 0.2) is 23.5 Å². The first-order chi connectivity index (χ1) is 33.9. The summed E-state index contributed by atoms with van der Waals surface area (Å²) in [6, 6.07) is 14.3. The van der Waals surface area contributed by atoms with Crippen molar-refractivity contribution in [2.75, 3.05) is 39.6 Å². The summed E-state index contributed by atoms with van der Waals surface area (Å²) < 4.78 is 64.2. The highest BCUT2D eigenvalue weighted by Crippen LogP contribution is 2.38. The van der Waals surface area contributed by atoms with Crippen molar-refractivity contribution in [3.63, 3.8) is 0 Å². The maximum Gasteiger partial charge on any atom is 0.494 e. The molecule has 0 unspecified atom stereocenters. The maximum atomic E-state index is 10.2. The zero-order valence-electron chi connectivity index (χ0n) is 42.5. The number of aliphatic hydroxyl groups excluding tert-OH is 2. The third-order valence-electron chi connectivity index (χ3n) is 13.9. The zero-order chi connectivity index (χ0) is 51.5. The van der Waals surface area contributed by atoms with Crippen LogP contribution < -0.4 is 14.9 Å². The number of hydrogen-bond acceptors (Lipinski definition) is 16. The quantitative estimate of drug-likeness (QED) is 0.0436. The van der Waals surface area contributed by atoms with Gasteiger partial charge < -0.3 is 57.4 Å². The number of aromatic nitrogens is 6. The molecule has 0 saturated carbocycles. The molecule has 0 bridgehead atoms. The molecular formula is C48H66BCl2IN6O12Si2. The number of rotatable bonds is 16. The SMILES string of the molecule is CC1(C)OB(c2ccc(-c3nc4c(cc3Cl)nc(O[C@@H]3CO[C@H]5[C@@H]3OC[C@H]5O)n4COCC[Si](C)(C)C)cc2)OC1(C)C.C[Si](C)(C)CCOCn1c(O[C@@H]2CO[C@H]3[C@@H]2OC[C@H]3O)nc2cc(Cl)c(I)nc21. The largest absolute Gasteiger partial charge is 0.494 e. The minimum absolute atomic E-state index is 0.219. The first kappa shape index (κ1) is 54.3. The Morgan fingerprint density at radius 1 is 0.653 bits per heavy atom. The smallest absolute Gasteiger partial charge is 0.456 e. The van der Waals surface area contributed by atoms with E-state index in [0.29, 0.717) is 80.2 Å². The van der Waals surface area contributed by atoms with Crippen LogP contribution in [-0.2, 0) is 51.2 Å². The highest BCUT2D eigenvalue weighted by molar-refractivity contribution is 14.1. The molecule has 72 heavy (non-hydrogen) atoms. The van der Waals surface area contributed by atoms with Crippen molar-refractivity contribution in [1.82, 2.24) is 29.1 Å². The van der Waals surface area contributed by atoms with Crippen LogP contribution in [0.5, 0.6) is 12.0 Å². The Balaban J connectivity index is 0.000000192. The lowest BCUT2D eigenvalue weighted by Crippen LogP contribution is -2.41. The van der Waals surface area contributed by atoms with Gasteiger partial charge >= 0.3 is 19.1 Å². The van der Waals surface area contributed by atoms with Crippen LogP contribution in [0.3, 0.4) is 0 Å². The molecule has 0 aliphatic carbocycles. The van der Waals surface area contributed by atoms with Crippen molar-refractivity contribution >= 4 is 96.8 Å². The van der Waals surface area contributed by atoms with Crippen molar-refractivity contribution in [3.8, 4) is 23.3 Å². The highest BCUT2D eigenvalue weighted by atomic mass is 127. The average Bonchev–Trinajstić information content (AvgIpc) is 4.18. The number of hydrogen-bond donors (Lipinski definition) is 2. The normalized spacial score (nSPS) is 26.6. The first-order valence-electron chi connectivity index (χ1n) is 24.5. The van der Waals surface area contributed by atoms with Gasteiger partial charge in [0.25, 0.3) is 0 Å². The Bertz CT molecular complexity index is 2710. The second-order valence-corrected chi connectivity index (χ2v) is 35.5. The van der Waals surface area contributed by atoms with Crippen LogP contribution in [0.2, 0.25) is 61.4 Å². The fraction of sp³-hybridized carbons (Fsp3) is 0.625. The molecule has 0 amide bonds. The average molecular weight is 1180 g/mol. The first-order valence-corrected chi connectivity index (χ1v) is 33.8. The van der Waals surface area contributed by atoms with Gasteiger partial charge in [-0.15, -0.1) is 0 Å². The van der Waals surface area contributed by atoms with Gasteiger partial charge in [-0.1, -0.05) is 86.7 Å². The maximum absolute atomic E-state index is 10.2. The van der Waals surface area contributed by atoms with Gasteiger partial charge in [-0.25, -0.2) is 9.97 Å². The van der Waals surface area contributed by atoms with Crippen LogP contribution >= 0.6 is 45.8 Å². The third-order valence-corrected chi connectivity index (χ3v) is 19.0.